The van der Waals surface area contributed by atoms with Crippen LogP contribution in [0, 0.1) is 13.8 Å². The van der Waals surface area contributed by atoms with Gasteiger partial charge in [0.15, 0.2) is 0 Å². The summed E-state index contributed by atoms with van der Waals surface area (Å²) < 4.78 is 5.54. The van der Waals surface area contributed by atoms with Crippen LogP contribution >= 0.6 is 0 Å². The quantitative estimate of drug-likeness (QED) is 0.848. The predicted molar refractivity (Wildman–Crippen MR) is 64.5 cm³/mol. The van der Waals surface area contributed by atoms with Crippen LogP contribution in [0.3, 0.4) is 0 Å². The second kappa shape index (κ2) is 4.98. The maximum atomic E-state index is 10.1. The van der Waals surface area contributed by atoms with E-state index in [4.69, 9.17) is 4.74 Å². The van der Waals surface area contributed by atoms with Gasteiger partial charge in [-0.1, -0.05) is 18.2 Å². The molecule has 2 nitrogen and oxygen atoms in total. The maximum absolute atomic E-state index is 10.1. The van der Waals surface area contributed by atoms with Gasteiger partial charge in [-0.15, -0.1) is 0 Å². The first-order valence-corrected chi connectivity index (χ1v) is 6.03. The van der Waals surface area contributed by atoms with Crippen LogP contribution in [0.5, 0.6) is 0 Å². The molecule has 1 saturated heterocycles. The molecule has 0 bridgehead atoms. The monoisotopic (exact) mass is 220 g/mol. The lowest BCUT2D eigenvalue weighted by Gasteiger charge is -2.16. The van der Waals surface area contributed by atoms with Gasteiger partial charge < -0.3 is 9.84 Å². The Morgan fingerprint density at radius 3 is 2.81 bits per heavy atom. The van der Waals surface area contributed by atoms with Crippen molar-refractivity contribution in [1.82, 2.24) is 0 Å². The summed E-state index contributed by atoms with van der Waals surface area (Å²) >= 11 is 0. The van der Waals surface area contributed by atoms with E-state index in [-0.39, 0.29) is 12.2 Å². The molecule has 1 N–H and O–H groups in total. The topological polar surface area (TPSA) is 29.5 Å². The van der Waals surface area contributed by atoms with E-state index >= 15 is 0 Å². The summed E-state index contributed by atoms with van der Waals surface area (Å²) in [6, 6.07) is 6.17. The number of benzene rings is 1. The third-order valence-electron chi connectivity index (χ3n) is 3.43. The molecule has 1 fully saturated rings. The van der Waals surface area contributed by atoms with Gasteiger partial charge in [0, 0.05) is 13.0 Å². The molecule has 1 aliphatic heterocycles. The standard InChI is InChI=1S/C14H20O2/c1-10-5-6-12(8-11(10)2)14(15)9-13-4-3-7-16-13/h5-6,8,13-15H,3-4,7,9H2,1-2H3. The summed E-state index contributed by atoms with van der Waals surface area (Å²) in [5.74, 6) is 0. The largest absolute Gasteiger partial charge is 0.388 e. The molecule has 0 radical (unpaired) electrons. The molecule has 0 spiro atoms. The molecule has 88 valence electrons. The van der Waals surface area contributed by atoms with Crippen molar-refractivity contribution in [2.45, 2.75) is 45.3 Å². The van der Waals surface area contributed by atoms with Gasteiger partial charge in [0.2, 0.25) is 0 Å². The SMILES string of the molecule is Cc1ccc(C(O)CC2CCCO2)cc1C. The third-order valence-corrected chi connectivity index (χ3v) is 3.43. The Kier molecular flexibility index (Phi) is 3.62. The Labute approximate surface area is 97.3 Å². The summed E-state index contributed by atoms with van der Waals surface area (Å²) in [5.41, 5.74) is 3.52. The van der Waals surface area contributed by atoms with Crippen LogP contribution in [0.2, 0.25) is 0 Å². The van der Waals surface area contributed by atoms with Crippen LogP contribution < -0.4 is 0 Å². The summed E-state index contributed by atoms with van der Waals surface area (Å²) in [5, 5.41) is 10.1. The molecule has 0 saturated carbocycles. The molecule has 0 amide bonds. The zero-order chi connectivity index (χ0) is 11.5. The molecule has 2 unspecified atom stereocenters. The minimum atomic E-state index is -0.387. The lowest BCUT2D eigenvalue weighted by molar-refractivity contribution is 0.0535. The van der Waals surface area contributed by atoms with Gasteiger partial charge in [-0.2, -0.15) is 0 Å². The Morgan fingerprint density at radius 2 is 2.19 bits per heavy atom. The minimum absolute atomic E-state index is 0.247. The van der Waals surface area contributed by atoms with E-state index in [1.165, 1.54) is 11.1 Å². The maximum Gasteiger partial charge on any atom is 0.0814 e. The fourth-order valence-electron chi connectivity index (χ4n) is 2.19. The van der Waals surface area contributed by atoms with Gasteiger partial charge in [-0.05, 0) is 43.4 Å². The van der Waals surface area contributed by atoms with E-state index < -0.39 is 0 Å². The first-order chi connectivity index (χ1) is 7.66. The van der Waals surface area contributed by atoms with Gasteiger partial charge in [0.25, 0.3) is 0 Å². The number of aliphatic hydroxyl groups excluding tert-OH is 1. The van der Waals surface area contributed by atoms with Crippen LogP contribution in [0.25, 0.3) is 0 Å². The Balaban J connectivity index is 2.02. The van der Waals surface area contributed by atoms with E-state index in [1.807, 2.05) is 6.07 Å². The number of hydrogen-bond donors (Lipinski definition) is 1. The van der Waals surface area contributed by atoms with Crippen LogP contribution in [0.4, 0.5) is 0 Å². The van der Waals surface area contributed by atoms with E-state index in [0.29, 0.717) is 0 Å². The van der Waals surface area contributed by atoms with Crippen molar-refractivity contribution in [2.75, 3.05) is 6.61 Å². The van der Waals surface area contributed by atoms with E-state index in [1.54, 1.807) is 0 Å². The number of hydrogen-bond acceptors (Lipinski definition) is 2. The molecule has 0 aromatic heterocycles. The number of aliphatic hydroxyl groups is 1. The van der Waals surface area contributed by atoms with Gasteiger partial charge in [-0.3, -0.25) is 0 Å². The van der Waals surface area contributed by atoms with E-state index in [0.717, 1.165) is 31.4 Å². The average Bonchev–Trinajstić information content (AvgIpc) is 2.74. The second-order valence-corrected chi connectivity index (χ2v) is 4.73. The molecule has 1 aromatic carbocycles. The molecule has 1 heterocycles. The van der Waals surface area contributed by atoms with Crippen molar-refractivity contribution in [3.05, 3.63) is 34.9 Å². The van der Waals surface area contributed by atoms with Crippen molar-refractivity contribution in [1.29, 1.82) is 0 Å². The van der Waals surface area contributed by atoms with Crippen molar-refractivity contribution in [3.63, 3.8) is 0 Å². The third kappa shape index (κ3) is 2.63. The van der Waals surface area contributed by atoms with Gasteiger partial charge in [0.1, 0.15) is 0 Å². The van der Waals surface area contributed by atoms with Crippen LogP contribution in [-0.4, -0.2) is 17.8 Å². The predicted octanol–water partition coefficient (Wildman–Crippen LogP) is 2.91. The lowest BCUT2D eigenvalue weighted by atomic mass is 9.98. The normalized spacial score (nSPS) is 22.3. The molecule has 2 rings (SSSR count). The summed E-state index contributed by atoms with van der Waals surface area (Å²) in [4.78, 5) is 0. The van der Waals surface area contributed by atoms with Crippen molar-refractivity contribution < 1.29 is 9.84 Å². The molecule has 2 atom stereocenters. The molecular weight excluding hydrogens is 200 g/mol. The highest BCUT2D eigenvalue weighted by molar-refractivity contribution is 5.31. The molecule has 2 heteroatoms. The summed E-state index contributed by atoms with van der Waals surface area (Å²) in [7, 11) is 0. The minimum Gasteiger partial charge on any atom is -0.388 e. The number of rotatable bonds is 3. The van der Waals surface area contributed by atoms with Gasteiger partial charge in [-0.25, -0.2) is 0 Å². The number of ether oxygens (including phenoxy) is 1. The molecule has 1 aromatic rings. The van der Waals surface area contributed by atoms with E-state index in [2.05, 4.69) is 26.0 Å². The first-order valence-electron chi connectivity index (χ1n) is 6.03. The van der Waals surface area contributed by atoms with Crippen LogP contribution in [0.15, 0.2) is 18.2 Å². The van der Waals surface area contributed by atoms with Crippen LogP contribution in [-0.2, 0) is 4.74 Å². The zero-order valence-electron chi connectivity index (χ0n) is 10.1. The molecular formula is C14H20O2. The fourth-order valence-corrected chi connectivity index (χ4v) is 2.19. The first kappa shape index (κ1) is 11.6. The zero-order valence-corrected chi connectivity index (χ0v) is 10.1. The average molecular weight is 220 g/mol. The Hall–Kier alpha value is -0.860. The molecule has 0 aliphatic carbocycles. The van der Waals surface area contributed by atoms with Crippen molar-refractivity contribution >= 4 is 0 Å². The van der Waals surface area contributed by atoms with E-state index in [9.17, 15) is 5.11 Å². The number of aryl methyl sites for hydroxylation is 2. The van der Waals surface area contributed by atoms with Crippen molar-refractivity contribution in [2.24, 2.45) is 0 Å². The highest BCUT2D eigenvalue weighted by Crippen LogP contribution is 2.26. The van der Waals surface area contributed by atoms with Crippen LogP contribution in [0.1, 0.15) is 42.1 Å². The van der Waals surface area contributed by atoms with Crippen molar-refractivity contribution in [3.8, 4) is 0 Å². The fraction of sp³-hybridized carbons (Fsp3) is 0.571. The Morgan fingerprint density at radius 1 is 1.38 bits per heavy atom. The summed E-state index contributed by atoms with van der Waals surface area (Å²) in [6.45, 7) is 5.02. The smallest absolute Gasteiger partial charge is 0.0814 e. The highest BCUT2D eigenvalue weighted by atomic mass is 16.5. The van der Waals surface area contributed by atoms with Gasteiger partial charge in [0.05, 0.1) is 12.2 Å². The second-order valence-electron chi connectivity index (χ2n) is 4.73. The lowest BCUT2D eigenvalue weighted by Crippen LogP contribution is -2.11. The Bertz CT molecular complexity index is 354. The molecule has 1 aliphatic rings. The molecule has 16 heavy (non-hydrogen) atoms. The van der Waals surface area contributed by atoms with Gasteiger partial charge >= 0.3 is 0 Å². The summed E-state index contributed by atoms with van der Waals surface area (Å²) in [6.07, 6.45) is 2.80. The highest BCUT2D eigenvalue weighted by Gasteiger charge is 2.20.